The summed E-state index contributed by atoms with van der Waals surface area (Å²) >= 11 is 1.43. The standard InChI is InChI=1S/C24H23N3O2S/c1-16-7-8-20-18(13-16)22-19(23(28)25-20)14-21(30-22)24(29)27-11-9-26(10-12-27)15-17-5-3-2-4-6-17/h2-8,13-14H,9-12,15H2,1H3,(H,25,28). The van der Waals surface area contributed by atoms with E-state index in [9.17, 15) is 9.59 Å². The van der Waals surface area contributed by atoms with Crippen molar-refractivity contribution in [2.24, 2.45) is 0 Å². The smallest absolute Gasteiger partial charge is 0.264 e. The molecule has 6 heteroatoms. The molecule has 5 rings (SSSR count). The third kappa shape index (κ3) is 3.53. The molecule has 1 amide bonds. The number of hydrogen-bond donors (Lipinski definition) is 1. The van der Waals surface area contributed by atoms with E-state index in [-0.39, 0.29) is 11.5 Å². The number of fused-ring (bicyclic) bond motifs is 3. The molecule has 2 aromatic heterocycles. The first kappa shape index (κ1) is 19.0. The molecule has 4 aromatic rings. The minimum Gasteiger partial charge on any atom is -0.335 e. The summed E-state index contributed by atoms with van der Waals surface area (Å²) in [6, 6.07) is 18.2. The van der Waals surface area contributed by atoms with Gasteiger partial charge in [0, 0.05) is 48.3 Å². The molecule has 0 radical (unpaired) electrons. The van der Waals surface area contributed by atoms with E-state index in [0.29, 0.717) is 23.4 Å². The van der Waals surface area contributed by atoms with Crippen LogP contribution in [0.3, 0.4) is 0 Å². The predicted molar refractivity (Wildman–Crippen MR) is 122 cm³/mol. The highest BCUT2D eigenvalue weighted by Crippen LogP contribution is 2.31. The summed E-state index contributed by atoms with van der Waals surface area (Å²) in [6.45, 7) is 6.06. The number of nitrogens with zero attached hydrogens (tertiary/aromatic N) is 2. The van der Waals surface area contributed by atoms with E-state index < -0.39 is 0 Å². The fourth-order valence-electron chi connectivity index (χ4n) is 4.12. The molecular weight excluding hydrogens is 394 g/mol. The number of amides is 1. The molecule has 0 unspecified atom stereocenters. The van der Waals surface area contributed by atoms with Gasteiger partial charge in [-0.2, -0.15) is 0 Å². The lowest BCUT2D eigenvalue weighted by molar-refractivity contribution is 0.0633. The Morgan fingerprint density at radius 3 is 2.53 bits per heavy atom. The fraction of sp³-hybridized carbons (Fsp3) is 0.250. The normalized spacial score (nSPS) is 15.2. The SMILES string of the molecule is Cc1ccc2[nH]c(=O)c3cc(C(=O)N4CCN(Cc5ccccc5)CC4)sc3c2c1. The van der Waals surface area contributed by atoms with Crippen LogP contribution in [0.15, 0.2) is 59.4 Å². The molecule has 1 saturated heterocycles. The van der Waals surface area contributed by atoms with Gasteiger partial charge in [-0.3, -0.25) is 14.5 Å². The number of pyridine rings is 1. The van der Waals surface area contributed by atoms with Gasteiger partial charge in [0.15, 0.2) is 0 Å². The highest BCUT2D eigenvalue weighted by Gasteiger charge is 2.24. The topological polar surface area (TPSA) is 56.4 Å². The van der Waals surface area contributed by atoms with Crippen molar-refractivity contribution >= 4 is 38.2 Å². The van der Waals surface area contributed by atoms with Gasteiger partial charge in [0.25, 0.3) is 11.5 Å². The summed E-state index contributed by atoms with van der Waals surface area (Å²) in [6.07, 6.45) is 0. The Kier molecular flexibility index (Phi) is 4.89. The number of benzene rings is 2. The number of piperazine rings is 1. The molecule has 30 heavy (non-hydrogen) atoms. The van der Waals surface area contributed by atoms with E-state index in [1.54, 1.807) is 6.07 Å². The van der Waals surface area contributed by atoms with Crippen LogP contribution in [0.5, 0.6) is 0 Å². The zero-order valence-electron chi connectivity index (χ0n) is 16.9. The third-order valence-electron chi connectivity index (χ3n) is 5.76. The van der Waals surface area contributed by atoms with E-state index >= 15 is 0 Å². The molecule has 0 aliphatic carbocycles. The molecule has 152 valence electrons. The largest absolute Gasteiger partial charge is 0.335 e. The quantitative estimate of drug-likeness (QED) is 0.548. The maximum absolute atomic E-state index is 13.2. The molecular formula is C24H23N3O2S. The number of nitrogens with one attached hydrogen (secondary N) is 1. The van der Waals surface area contributed by atoms with Gasteiger partial charge in [-0.25, -0.2) is 0 Å². The van der Waals surface area contributed by atoms with E-state index in [2.05, 4.69) is 40.2 Å². The van der Waals surface area contributed by atoms with Crippen LogP contribution in [0.1, 0.15) is 20.8 Å². The number of aryl methyl sites for hydroxylation is 1. The molecule has 0 saturated carbocycles. The van der Waals surface area contributed by atoms with Crippen LogP contribution in [0.2, 0.25) is 0 Å². The van der Waals surface area contributed by atoms with Gasteiger partial charge in [0.05, 0.1) is 10.3 Å². The Bertz CT molecular complexity index is 1280. The second-order valence-electron chi connectivity index (χ2n) is 7.91. The lowest BCUT2D eigenvalue weighted by atomic mass is 10.1. The monoisotopic (exact) mass is 417 g/mol. The Balaban J connectivity index is 1.36. The van der Waals surface area contributed by atoms with Gasteiger partial charge < -0.3 is 9.88 Å². The predicted octanol–water partition coefficient (Wildman–Crippen LogP) is 4.01. The maximum atomic E-state index is 13.2. The van der Waals surface area contributed by atoms with Crippen molar-refractivity contribution < 1.29 is 4.79 Å². The van der Waals surface area contributed by atoms with Gasteiger partial charge in [0.2, 0.25) is 0 Å². The Hall–Kier alpha value is -2.96. The van der Waals surface area contributed by atoms with Gasteiger partial charge in [0.1, 0.15) is 0 Å². The minimum absolute atomic E-state index is 0.0239. The molecule has 1 fully saturated rings. The lowest BCUT2D eigenvalue weighted by Crippen LogP contribution is -2.48. The fourth-order valence-corrected chi connectivity index (χ4v) is 5.27. The molecule has 1 N–H and O–H groups in total. The average molecular weight is 418 g/mol. The third-order valence-corrected chi connectivity index (χ3v) is 6.92. The summed E-state index contributed by atoms with van der Waals surface area (Å²) in [5.74, 6) is 0.0239. The number of rotatable bonds is 3. The minimum atomic E-state index is -0.135. The Morgan fingerprint density at radius 2 is 1.77 bits per heavy atom. The second-order valence-corrected chi connectivity index (χ2v) is 8.96. The number of H-pyrrole nitrogens is 1. The summed E-state index contributed by atoms with van der Waals surface area (Å²) < 4.78 is 0.892. The summed E-state index contributed by atoms with van der Waals surface area (Å²) in [5.41, 5.74) is 3.10. The first-order chi connectivity index (χ1) is 14.6. The van der Waals surface area contributed by atoms with Crippen molar-refractivity contribution in [2.45, 2.75) is 13.5 Å². The molecule has 5 nitrogen and oxygen atoms in total. The van der Waals surface area contributed by atoms with Crippen molar-refractivity contribution in [1.82, 2.24) is 14.8 Å². The van der Waals surface area contributed by atoms with Crippen molar-refractivity contribution in [3.63, 3.8) is 0 Å². The number of thiophene rings is 1. The van der Waals surface area contributed by atoms with Crippen LogP contribution in [0.25, 0.3) is 21.0 Å². The van der Waals surface area contributed by atoms with E-state index in [4.69, 9.17) is 0 Å². The number of aromatic nitrogens is 1. The second kappa shape index (κ2) is 7.70. The van der Waals surface area contributed by atoms with E-state index in [1.807, 2.05) is 30.0 Å². The Labute approximate surface area is 178 Å². The molecule has 3 heterocycles. The highest BCUT2D eigenvalue weighted by atomic mass is 32.1. The summed E-state index contributed by atoms with van der Waals surface area (Å²) in [5, 5.41) is 1.60. The number of carbonyl (C=O) groups is 1. The molecule has 0 bridgehead atoms. The highest BCUT2D eigenvalue weighted by molar-refractivity contribution is 7.21. The van der Waals surface area contributed by atoms with Crippen LogP contribution in [-0.4, -0.2) is 46.9 Å². The molecule has 0 atom stereocenters. The van der Waals surface area contributed by atoms with Gasteiger partial charge in [-0.15, -0.1) is 11.3 Å². The van der Waals surface area contributed by atoms with Crippen molar-refractivity contribution in [2.75, 3.05) is 26.2 Å². The molecule has 0 spiro atoms. The Morgan fingerprint density at radius 1 is 1.00 bits per heavy atom. The number of carbonyl (C=O) groups excluding carboxylic acids is 1. The van der Waals surface area contributed by atoms with Crippen LogP contribution in [0, 0.1) is 6.92 Å². The zero-order chi connectivity index (χ0) is 20.7. The van der Waals surface area contributed by atoms with Crippen LogP contribution < -0.4 is 5.56 Å². The van der Waals surface area contributed by atoms with Crippen molar-refractivity contribution in [3.8, 4) is 0 Å². The maximum Gasteiger partial charge on any atom is 0.264 e. The number of hydrogen-bond acceptors (Lipinski definition) is 4. The van der Waals surface area contributed by atoms with Crippen molar-refractivity contribution in [3.05, 3.63) is 81.0 Å². The zero-order valence-corrected chi connectivity index (χ0v) is 17.7. The van der Waals surface area contributed by atoms with Crippen LogP contribution in [-0.2, 0) is 6.54 Å². The van der Waals surface area contributed by atoms with Gasteiger partial charge in [-0.05, 0) is 30.7 Å². The van der Waals surface area contributed by atoms with Gasteiger partial charge in [-0.1, -0.05) is 42.0 Å². The molecule has 1 aliphatic rings. The first-order valence-corrected chi connectivity index (χ1v) is 11.0. The van der Waals surface area contributed by atoms with Gasteiger partial charge >= 0.3 is 0 Å². The summed E-state index contributed by atoms with van der Waals surface area (Å²) in [7, 11) is 0. The summed E-state index contributed by atoms with van der Waals surface area (Å²) in [4.78, 5) is 33.6. The van der Waals surface area contributed by atoms with Crippen molar-refractivity contribution in [1.29, 1.82) is 0 Å². The lowest BCUT2D eigenvalue weighted by Gasteiger charge is -2.34. The first-order valence-electron chi connectivity index (χ1n) is 10.2. The van der Waals surface area contributed by atoms with Crippen LogP contribution in [0.4, 0.5) is 0 Å². The molecule has 2 aromatic carbocycles. The average Bonchev–Trinajstić information content (AvgIpc) is 3.22. The number of aromatic amines is 1. The van der Waals surface area contributed by atoms with Crippen LogP contribution >= 0.6 is 11.3 Å². The van der Waals surface area contributed by atoms with E-state index in [0.717, 1.165) is 40.8 Å². The molecule has 1 aliphatic heterocycles. The van der Waals surface area contributed by atoms with E-state index in [1.165, 1.54) is 16.9 Å².